The first-order valence-corrected chi connectivity index (χ1v) is 6.36. The predicted molar refractivity (Wildman–Crippen MR) is 62.6 cm³/mol. The Balaban J connectivity index is 2.83. The minimum atomic E-state index is -3.69. The third-order valence-corrected chi connectivity index (χ3v) is 3.17. The molecule has 16 heavy (non-hydrogen) atoms. The van der Waals surface area contributed by atoms with Crippen LogP contribution >= 0.6 is 0 Å². The Hall–Kier alpha value is -0.910. The predicted octanol–water partition coefficient (Wildman–Crippen LogP) is 1.44. The molecule has 4 nitrogen and oxygen atoms in total. The highest BCUT2D eigenvalue weighted by Crippen LogP contribution is 2.14. The van der Waals surface area contributed by atoms with Gasteiger partial charge in [-0.3, -0.25) is 4.18 Å². The lowest BCUT2D eigenvalue weighted by molar-refractivity contribution is 0.248. The second kappa shape index (κ2) is 4.53. The van der Waals surface area contributed by atoms with Gasteiger partial charge in [0.1, 0.15) is 0 Å². The van der Waals surface area contributed by atoms with Gasteiger partial charge in [-0.05, 0) is 32.9 Å². The van der Waals surface area contributed by atoms with E-state index in [1.807, 2.05) is 6.92 Å². The summed E-state index contributed by atoms with van der Waals surface area (Å²) in [5.74, 6) is 0. The lowest BCUT2D eigenvalue weighted by atomic mass is 10.1. The number of rotatable bonds is 4. The topological polar surface area (TPSA) is 69.4 Å². The van der Waals surface area contributed by atoms with Crippen molar-refractivity contribution in [3.8, 4) is 0 Å². The van der Waals surface area contributed by atoms with Crippen LogP contribution in [0.15, 0.2) is 29.2 Å². The van der Waals surface area contributed by atoms with Crippen LogP contribution in [-0.4, -0.2) is 20.6 Å². The summed E-state index contributed by atoms with van der Waals surface area (Å²) in [5.41, 5.74) is 5.98. The molecule has 0 amide bonds. The number of hydrogen-bond donors (Lipinski definition) is 1. The molecule has 1 aromatic carbocycles. The molecule has 90 valence electrons. The second-order valence-electron chi connectivity index (χ2n) is 4.52. The van der Waals surface area contributed by atoms with Crippen LogP contribution in [0.3, 0.4) is 0 Å². The van der Waals surface area contributed by atoms with Crippen LogP contribution < -0.4 is 5.73 Å². The number of aryl methyl sites for hydroxylation is 1. The van der Waals surface area contributed by atoms with Gasteiger partial charge in [-0.25, -0.2) is 0 Å². The van der Waals surface area contributed by atoms with E-state index < -0.39 is 15.7 Å². The minimum absolute atomic E-state index is 0.0385. The van der Waals surface area contributed by atoms with Crippen LogP contribution in [0.2, 0.25) is 0 Å². The third-order valence-electron chi connectivity index (χ3n) is 1.90. The Labute approximate surface area is 96.5 Å². The molecule has 0 aliphatic rings. The van der Waals surface area contributed by atoms with Gasteiger partial charge in [-0.15, -0.1) is 0 Å². The Morgan fingerprint density at radius 2 is 1.75 bits per heavy atom. The van der Waals surface area contributed by atoms with E-state index in [9.17, 15) is 8.42 Å². The fraction of sp³-hybridized carbons (Fsp3) is 0.455. The van der Waals surface area contributed by atoms with Crippen molar-refractivity contribution >= 4 is 10.1 Å². The van der Waals surface area contributed by atoms with Gasteiger partial charge in [0.25, 0.3) is 10.1 Å². The summed E-state index contributed by atoms with van der Waals surface area (Å²) >= 11 is 0. The van der Waals surface area contributed by atoms with Gasteiger partial charge in [0.15, 0.2) is 0 Å². The van der Waals surface area contributed by atoms with E-state index in [1.54, 1.807) is 26.0 Å². The van der Waals surface area contributed by atoms with E-state index in [-0.39, 0.29) is 11.5 Å². The van der Waals surface area contributed by atoms with Crippen molar-refractivity contribution in [2.45, 2.75) is 31.2 Å². The van der Waals surface area contributed by atoms with Gasteiger partial charge in [0.05, 0.1) is 11.5 Å². The molecule has 0 radical (unpaired) electrons. The molecule has 0 aliphatic carbocycles. The molecule has 0 spiro atoms. The highest BCUT2D eigenvalue weighted by Gasteiger charge is 2.19. The highest BCUT2D eigenvalue weighted by molar-refractivity contribution is 7.86. The maximum Gasteiger partial charge on any atom is 0.297 e. The molecule has 0 fully saturated rings. The fourth-order valence-electron chi connectivity index (χ4n) is 1.00. The van der Waals surface area contributed by atoms with E-state index in [4.69, 9.17) is 9.92 Å². The van der Waals surface area contributed by atoms with Gasteiger partial charge >= 0.3 is 0 Å². The molecule has 0 saturated carbocycles. The van der Waals surface area contributed by atoms with Crippen molar-refractivity contribution in [1.82, 2.24) is 0 Å². The average Bonchev–Trinajstić information content (AvgIpc) is 2.15. The zero-order valence-electron chi connectivity index (χ0n) is 9.73. The first-order valence-electron chi connectivity index (χ1n) is 4.96. The first-order chi connectivity index (χ1) is 7.21. The Kier molecular flexibility index (Phi) is 3.72. The molecule has 1 aromatic rings. The summed E-state index contributed by atoms with van der Waals surface area (Å²) in [7, 11) is -3.69. The maximum atomic E-state index is 11.7. The molecular formula is C11H17NO3S. The van der Waals surface area contributed by atoms with Gasteiger partial charge in [0.2, 0.25) is 0 Å². The monoisotopic (exact) mass is 243 g/mol. The molecular weight excluding hydrogens is 226 g/mol. The first kappa shape index (κ1) is 13.2. The minimum Gasteiger partial charge on any atom is -0.324 e. The summed E-state index contributed by atoms with van der Waals surface area (Å²) in [6.07, 6.45) is 0. The van der Waals surface area contributed by atoms with E-state index in [0.29, 0.717) is 0 Å². The van der Waals surface area contributed by atoms with Crippen molar-refractivity contribution in [3.05, 3.63) is 29.8 Å². The van der Waals surface area contributed by atoms with Crippen LogP contribution in [-0.2, 0) is 14.3 Å². The van der Waals surface area contributed by atoms with Crippen LogP contribution in [0.25, 0.3) is 0 Å². The molecule has 0 heterocycles. The van der Waals surface area contributed by atoms with Crippen molar-refractivity contribution in [1.29, 1.82) is 0 Å². The second-order valence-corrected chi connectivity index (χ2v) is 6.13. The molecule has 0 bridgehead atoms. The van der Waals surface area contributed by atoms with Crippen LogP contribution in [0, 0.1) is 6.92 Å². The molecule has 0 aliphatic heterocycles. The summed E-state index contributed by atoms with van der Waals surface area (Å²) < 4.78 is 28.3. The average molecular weight is 243 g/mol. The van der Waals surface area contributed by atoms with E-state index in [1.165, 1.54) is 12.1 Å². The summed E-state index contributed by atoms with van der Waals surface area (Å²) in [6.45, 7) is 5.26. The lowest BCUT2D eigenvalue weighted by Gasteiger charge is -2.17. The van der Waals surface area contributed by atoms with E-state index >= 15 is 0 Å². The van der Waals surface area contributed by atoms with Gasteiger partial charge < -0.3 is 5.73 Å². The molecule has 1 rings (SSSR count). The largest absolute Gasteiger partial charge is 0.324 e. The zero-order chi connectivity index (χ0) is 12.4. The van der Waals surface area contributed by atoms with Crippen molar-refractivity contribution in [2.75, 3.05) is 6.61 Å². The van der Waals surface area contributed by atoms with Gasteiger partial charge in [0, 0.05) is 5.54 Å². The zero-order valence-corrected chi connectivity index (χ0v) is 10.5. The van der Waals surface area contributed by atoms with Crippen LogP contribution in [0.1, 0.15) is 19.4 Å². The SMILES string of the molecule is Cc1ccc(S(=O)(=O)OCC(C)(C)N)cc1. The molecule has 0 unspecified atom stereocenters. The Morgan fingerprint density at radius 3 is 2.19 bits per heavy atom. The van der Waals surface area contributed by atoms with Crippen LogP contribution in [0.4, 0.5) is 0 Å². The lowest BCUT2D eigenvalue weighted by Crippen LogP contribution is -2.38. The van der Waals surface area contributed by atoms with Crippen molar-refractivity contribution < 1.29 is 12.6 Å². The molecule has 0 saturated heterocycles. The van der Waals surface area contributed by atoms with Gasteiger partial charge in [-0.1, -0.05) is 17.7 Å². The quantitative estimate of drug-likeness (QED) is 0.812. The summed E-state index contributed by atoms with van der Waals surface area (Å²) in [5, 5.41) is 0. The smallest absolute Gasteiger partial charge is 0.297 e. The molecule has 5 heteroatoms. The third kappa shape index (κ3) is 3.92. The summed E-state index contributed by atoms with van der Waals surface area (Å²) in [6, 6.07) is 6.50. The fourth-order valence-corrected chi connectivity index (χ4v) is 2.07. The van der Waals surface area contributed by atoms with E-state index in [0.717, 1.165) is 5.56 Å². The van der Waals surface area contributed by atoms with Crippen molar-refractivity contribution in [2.24, 2.45) is 5.73 Å². The molecule has 2 N–H and O–H groups in total. The van der Waals surface area contributed by atoms with Gasteiger partial charge in [-0.2, -0.15) is 8.42 Å². The number of benzene rings is 1. The normalized spacial score (nSPS) is 12.8. The standard InChI is InChI=1S/C11H17NO3S/c1-9-4-6-10(7-5-9)16(13,14)15-8-11(2,3)12/h4-7H,8,12H2,1-3H3. The molecule has 0 aromatic heterocycles. The number of hydrogen-bond acceptors (Lipinski definition) is 4. The summed E-state index contributed by atoms with van der Waals surface area (Å²) in [4.78, 5) is 0.155. The Bertz CT molecular complexity index is 443. The van der Waals surface area contributed by atoms with Crippen LogP contribution in [0.5, 0.6) is 0 Å². The Morgan fingerprint density at radius 1 is 1.25 bits per heavy atom. The maximum absolute atomic E-state index is 11.7. The van der Waals surface area contributed by atoms with Crippen molar-refractivity contribution in [3.63, 3.8) is 0 Å². The van der Waals surface area contributed by atoms with E-state index in [2.05, 4.69) is 0 Å². The molecule has 0 atom stereocenters. The highest BCUT2D eigenvalue weighted by atomic mass is 32.2. The number of nitrogens with two attached hydrogens (primary N) is 1.